The van der Waals surface area contributed by atoms with Crippen molar-refractivity contribution >= 4 is 5.78 Å². The van der Waals surface area contributed by atoms with E-state index in [1.165, 1.54) is 0 Å². The Morgan fingerprint density at radius 1 is 1.15 bits per heavy atom. The molecule has 0 aromatic carbocycles. The van der Waals surface area contributed by atoms with E-state index in [0.29, 0.717) is 17.6 Å². The van der Waals surface area contributed by atoms with Crippen molar-refractivity contribution in [2.45, 2.75) is 88.8 Å². The second-order valence-electron chi connectivity index (χ2n) is 8.63. The topological polar surface area (TPSA) is 118 Å². The van der Waals surface area contributed by atoms with Crippen LogP contribution >= 0.6 is 0 Å². The molecule has 6 heteroatoms. The summed E-state index contributed by atoms with van der Waals surface area (Å²) in [6, 6.07) is 0. The van der Waals surface area contributed by atoms with Crippen LogP contribution in [-0.2, 0) is 4.79 Å². The van der Waals surface area contributed by atoms with Gasteiger partial charge in [-0.2, -0.15) is 0 Å². The van der Waals surface area contributed by atoms with Crippen molar-refractivity contribution in [2.75, 3.05) is 0 Å². The van der Waals surface area contributed by atoms with E-state index in [1.54, 1.807) is 13.0 Å². The Labute approximate surface area is 153 Å². The summed E-state index contributed by atoms with van der Waals surface area (Å²) in [4.78, 5) is 12.8. The summed E-state index contributed by atoms with van der Waals surface area (Å²) in [5, 5.41) is 50.6. The number of rotatable bonds is 2. The lowest BCUT2D eigenvalue weighted by molar-refractivity contribution is -0.153. The number of carbonyl (C=O) groups is 1. The first-order chi connectivity index (χ1) is 12.1. The van der Waals surface area contributed by atoms with Gasteiger partial charge in [0.15, 0.2) is 5.78 Å². The number of hydrogen-bond donors (Lipinski definition) is 5. The zero-order valence-electron chi connectivity index (χ0n) is 15.5. The molecule has 0 aromatic heterocycles. The van der Waals surface area contributed by atoms with Gasteiger partial charge in [-0.3, -0.25) is 4.79 Å². The SMILES string of the molecule is CC1=C2CCC[C@H](O)[C@@]2(C)CC(=CCC2(O)C[C@@H](O)C(O)[C@H](O)C2)C1=O. The monoisotopic (exact) mass is 366 g/mol. The van der Waals surface area contributed by atoms with Crippen LogP contribution in [0.1, 0.15) is 58.8 Å². The lowest BCUT2D eigenvalue weighted by atomic mass is 9.61. The van der Waals surface area contributed by atoms with Gasteiger partial charge >= 0.3 is 0 Å². The number of allylic oxidation sites excluding steroid dienone is 2. The third kappa shape index (κ3) is 3.29. The van der Waals surface area contributed by atoms with Crippen molar-refractivity contribution in [3.63, 3.8) is 0 Å². The fraction of sp³-hybridized carbons (Fsp3) is 0.750. The molecule has 5 N–H and O–H groups in total. The Morgan fingerprint density at radius 3 is 2.38 bits per heavy atom. The van der Waals surface area contributed by atoms with E-state index in [9.17, 15) is 30.3 Å². The Hall–Kier alpha value is -1.05. The molecule has 0 bridgehead atoms. The van der Waals surface area contributed by atoms with Crippen molar-refractivity contribution in [1.29, 1.82) is 0 Å². The van der Waals surface area contributed by atoms with Gasteiger partial charge in [-0.1, -0.05) is 18.6 Å². The predicted octanol–water partition coefficient (Wildman–Crippen LogP) is 0.751. The van der Waals surface area contributed by atoms with E-state index in [-0.39, 0.29) is 25.0 Å². The van der Waals surface area contributed by atoms with Gasteiger partial charge in [-0.25, -0.2) is 0 Å². The molecular formula is C20H30O6. The van der Waals surface area contributed by atoms with Crippen LogP contribution in [-0.4, -0.2) is 61.3 Å². The quantitative estimate of drug-likeness (QED) is 0.460. The molecule has 2 saturated carbocycles. The Balaban J connectivity index is 1.83. The van der Waals surface area contributed by atoms with Crippen LogP contribution in [0.15, 0.2) is 22.8 Å². The first kappa shape index (κ1) is 19.7. The lowest BCUT2D eigenvalue weighted by Crippen LogP contribution is -2.52. The molecule has 0 spiro atoms. The summed E-state index contributed by atoms with van der Waals surface area (Å²) in [6.45, 7) is 3.80. The highest BCUT2D eigenvalue weighted by molar-refractivity contribution is 6.09. The summed E-state index contributed by atoms with van der Waals surface area (Å²) in [6.07, 6.45) is 0.412. The molecule has 26 heavy (non-hydrogen) atoms. The minimum atomic E-state index is -1.37. The zero-order valence-corrected chi connectivity index (χ0v) is 15.5. The Kier molecular flexibility index (Phi) is 5.18. The number of Topliss-reactive ketones (excluding diaryl/α,β-unsaturated/α-hetero) is 1. The van der Waals surface area contributed by atoms with E-state index < -0.39 is 35.4 Å². The van der Waals surface area contributed by atoms with Crippen LogP contribution in [0.4, 0.5) is 0 Å². The average Bonchev–Trinajstić information content (AvgIpc) is 2.57. The zero-order chi connectivity index (χ0) is 19.3. The lowest BCUT2D eigenvalue weighted by Gasteiger charge is -2.45. The van der Waals surface area contributed by atoms with Gasteiger partial charge in [0, 0.05) is 18.3 Å². The molecule has 0 aromatic rings. The highest BCUT2D eigenvalue weighted by Crippen LogP contribution is 2.50. The van der Waals surface area contributed by atoms with Gasteiger partial charge in [0.05, 0.1) is 23.9 Å². The molecule has 0 saturated heterocycles. The van der Waals surface area contributed by atoms with Crippen LogP contribution in [0.5, 0.6) is 0 Å². The second kappa shape index (κ2) is 6.84. The summed E-state index contributed by atoms with van der Waals surface area (Å²) < 4.78 is 0. The molecule has 0 unspecified atom stereocenters. The summed E-state index contributed by atoms with van der Waals surface area (Å²) >= 11 is 0. The van der Waals surface area contributed by atoms with Crippen LogP contribution in [0.3, 0.4) is 0 Å². The largest absolute Gasteiger partial charge is 0.392 e. The molecule has 3 aliphatic rings. The van der Waals surface area contributed by atoms with Gasteiger partial charge in [0.1, 0.15) is 6.10 Å². The maximum Gasteiger partial charge on any atom is 0.184 e. The fourth-order valence-electron chi connectivity index (χ4n) is 4.98. The van der Waals surface area contributed by atoms with Crippen molar-refractivity contribution in [3.05, 3.63) is 22.8 Å². The smallest absolute Gasteiger partial charge is 0.184 e. The predicted molar refractivity (Wildman–Crippen MR) is 95.2 cm³/mol. The molecule has 2 fully saturated rings. The molecule has 146 valence electrons. The number of hydrogen-bond acceptors (Lipinski definition) is 6. The summed E-state index contributed by atoms with van der Waals surface area (Å²) in [5.74, 6) is -0.0490. The molecule has 6 nitrogen and oxygen atoms in total. The van der Waals surface area contributed by atoms with Crippen molar-refractivity contribution < 1.29 is 30.3 Å². The van der Waals surface area contributed by atoms with Crippen molar-refractivity contribution in [3.8, 4) is 0 Å². The Morgan fingerprint density at radius 2 is 1.77 bits per heavy atom. The van der Waals surface area contributed by atoms with Crippen LogP contribution in [0.25, 0.3) is 0 Å². The van der Waals surface area contributed by atoms with Crippen molar-refractivity contribution in [1.82, 2.24) is 0 Å². The summed E-state index contributed by atoms with van der Waals surface area (Å²) in [7, 11) is 0. The summed E-state index contributed by atoms with van der Waals surface area (Å²) in [5.41, 5.74) is 0.485. The highest BCUT2D eigenvalue weighted by atomic mass is 16.4. The normalized spacial score (nSPS) is 45.8. The third-order valence-electron chi connectivity index (χ3n) is 6.67. The number of fused-ring (bicyclic) bond motifs is 1. The van der Waals surface area contributed by atoms with Gasteiger partial charge in [-0.15, -0.1) is 0 Å². The number of ketones is 1. The first-order valence-corrected chi connectivity index (χ1v) is 9.46. The molecule has 0 amide bonds. The number of carbonyl (C=O) groups excluding carboxylic acids is 1. The Bertz CT molecular complexity index is 639. The van der Waals surface area contributed by atoms with E-state index in [4.69, 9.17) is 0 Å². The highest BCUT2D eigenvalue weighted by Gasteiger charge is 2.46. The molecule has 0 heterocycles. The van der Waals surface area contributed by atoms with E-state index in [2.05, 4.69) is 0 Å². The van der Waals surface area contributed by atoms with Crippen LogP contribution in [0.2, 0.25) is 0 Å². The molecule has 0 radical (unpaired) electrons. The van der Waals surface area contributed by atoms with Gasteiger partial charge in [0.25, 0.3) is 0 Å². The molecule has 4 atom stereocenters. The maximum atomic E-state index is 12.8. The number of aliphatic hydroxyl groups is 5. The number of aliphatic hydroxyl groups excluding tert-OH is 4. The molecular weight excluding hydrogens is 336 g/mol. The van der Waals surface area contributed by atoms with E-state index >= 15 is 0 Å². The third-order valence-corrected chi connectivity index (χ3v) is 6.67. The average molecular weight is 366 g/mol. The van der Waals surface area contributed by atoms with Gasteiger partial charge < -0.3 is 25.5 Å². The molecule has 3 rings (SSSR count). The standard InChI is InChI=1S/C20H30O6/c1-11-13-4-3-5-16(23)19(13,2)8-12(17(11)24)6-7-20(26)9-14(21)18(25)15(22)10-20/h6,14-16,18,21-23,25-26H,3-5,7-10H2,1-2H3/t14-,15-,16+,18?,19+,20?/m1/s1. The molecule has 0 aliphatic heterocycles. The fourth-order valence-corrected chi connectivity index (χ4v) is 4.98. The minimum absolute atomic E-state index is 0.0490. The second-order valence-corrected chi connectivity index (χ2v) is 8.63. The van der Waals surface area contributed by atoms with E-state index in [1.807, 2.05) is 6.92 Å². The first-order valence-electron chi connectivity index (χ1n) is 9.46. The van der Waals surface area contributed by atoms with Crippen LogP contribution < -0.4 is 0 Å². The van der Waals surface area contributed by atoms with Crippen LogP contribution in [0, 0.1) is 5.41 Å². The minimum Gasteiger partial charge on any atom is -0.392 e. The van der Waals surface area contributed by atoms with Crippen molar-refractivity contribution in [2.24, 2.45) is 5.41 Å². The van der Waals surface area contributed by atoms with E-state index in [0.717, 1.165) is 24.8 Å². The van der Waals surface area contributed by atoms with Gasteiger partial charge in [0.2, 0.25) is 0 Å². The maximum absolute atomic E-state index is 12.8. The molecule has 3 aliphatic carbocycles. The van der Waals surface area contributed by atoms with Gasteiger partial charge in [-0.05, 0) is 50.2 Å².